The lowest BCUT2D eigenvalue weighted by molar-refractivity contribution is -0.137. The Kier molecular flexibility index (Phi) is 5.40. The third kappa shape index (κ3) is 4.33. The van der Waals surface area contributed by atoms with E-state index in [0.717, 1.165) is 25.7 Å². The first kappa shape index (κ1) is 17.8. The molecule has 1 aliphatic rings. The van der Waals surface area contributed by atoms with E-state index in [0.29, 0.717) is 17.1 Å². The Labute approximate surface area is 150 Å². The molecule has 0 radical (unpaired) electrons. The van der Waals surface area contributed by atoms with E-state index in [1.165, 1.54) is 10.9 Å². The standard InChI is InChI=1S/C18H21N3O5/c1-25-14-7-6-12(10-15(14)26-13-4-2-3-5-13)18(24)19-16-8-9-21(20-16)11-17(22)23/h6-10,13H,2-5,11H2,1H3,(H,22,23)(H,19,20,24). The Hall–Kier alpha value is -3.03. The van der Waals surface area contributed by atoms with Crippen LogP contribution in [0.15, 0.2) is 30.5 Å². The number of carbonyl (C=O) groups excluding carboxylic acids is 1. The van der Waals surface area contributed by atoms with Crippen LogP contribution in [-0.2, 0) is 11.3 Å². The zero-order chi connectivity index (χ0) is 18.5. The first-order valence-corrected chi connectivity index (χ1v) is 8.46. The van der Waals surface area contributed by atoms with E-state index in [9.17, 15) is 9.59 Å². The van der Waals surface area contributed by atoms with E-state index < -0.39 is 5.97 Å². The van der Waals surface area contributed by atoms with E-state index in [-0.39, 0.29) is 24.4 Å². The normalized spacial score (nSPS) is 14.2. The fourth-order valence-electron chi connectivity index (χ4n) is 2.94. The van der Waals surface area contributed by atoms with Gasteiger partial charge < -0.3 is 19.9 Å². The summed E-state index contributed by atoms with van der Waals surface area (Å²) in [4.78, 5) is 23.1. The molecule has 1 heterocycles. The molecule has 0 bridgehead atoms. The molecule has 0 aliphatic heterocycles. The Balaban J connectivity index is 1.72. The molecule has 0 atom stereocenters. The molecule has 1 amide bonds. The van der Waals surface area contributed by atoms with Gasteiger partial charge >= 0.3 is 5.97 Å². The van der Waals surface area contributed by atoms with Crippen LogP contribution in [0, 0.1) is 0 Å². The van der Waals surface area contributed by atoms with Crippen LogP contribution >= 0.6 is 0 Å². The molecule has 2 aromatic rings. The number of hydrogen-bond donors (Lipinski definition) is 2. The van der Waals surface area contributed by atoms with Crippen molar-refractivity contribution in [3.05, 3.63) is 36.0 Å². The van der Waals surface area contributed by atoms with Crippen LogP contribution in [0.3, 0.4) is 0 Å². The van der Waals surface area contributed by atoms with Crippen LogP contribution in [0.2, 0.25) is 0 Å². The van der Waals surface area contributed by atoms with Crippen molar-refractivity contribution >= 4 is 17.7 Å². The van der Waals surface area contributed by atoms with E-state index >= 15 is 0 Å². The van der Waals surface area contributed by atoms with Crippen molar-refractivity contribution in [3.63, 3.8) is 0 Å². The number of aliphatic carboxylic acids is 1. The lowest BCUT2D eigenvalue weighted by atomic mass is 10.2. The van der Waals surface area contributed by atoms with Gasteiger partial charge in [-0.25, -0.2) is 0 Å². The summed E-state index contributed by atoms with van der Waals surface area (Å²) in [7, 11) is 1.56. The minimum Gasteiger partial charge on any atom is -0.493 e. The SMILES string of the molecule is COc1ccc(C(=O)Nc2ccn(CC(=O)O)n2)cc1OC1CCCC1. The number of nitrogens with one attached hydrogen (secondary N) is 1. The van der Waals surface area contributed by atoms with Crippen molar-refractivity contribution < 1.29 is 24.2 Å². The van der Waals surface area contributed by atoms with Crippen molar-refractivity contribution in [1.29, 1.82) is 0 Å². The van der Waals surface area contributed by atoms with Gasteiger partial charge in [0.05, 0.1) is 13.2 Å². The Morgan fingerprint density at radius 1 is 1.27 bits per heavy atom. The van der Waals surface area contributed by atoms with E-state index in [4.69, 9.17) is 14.6 Å². The number of aromatic nitrogens is 2. The van der Waals surface area contributed by atoms with Crippen molar-refractivity contribution in [2.45, 2.75) is 38.3 Å². The molecule has 2 N–H and O–H groups in total. The molecule has 1 aromatic carbocycles. The number of carboxylic acid groups (broad SMARTS) is 1. The van der Waals surface area contributed by atoms with Crippen LogP contribution < -0.4 is 14.8 Å². The second-order valence-corrected chi connectivity index (χ2v) is 6.14. The van der Waals surface area contributed by atoms with E-state index in [2.05, 4.69) is 10.4 Å². The lowest BCUT2D eigenvalue weighted by Gasteiger charge is -2.16. The number of nitrogens with zero attached hydrogens (tertiary/aromatic N) is 2. The number of anilines is 1. The summed E-state index contributed by atoms with van der Waals surface area (Å²) in [6.07, 6.45) is 5.93. The highest BCUT2D eigenvalue weighted by Gasteiger charge is 2.20. The third-order valence-corrected chi connectivity index (χ3v) is 4.20. The number of carboxylic acids is 1. The molecule has 0 unspecified atom stereocenters. The highest BCUT2D eigenvalue weighted by atomic mass is 16.5. The van der Waals surface area contributed by atoms with Gasteiger partial charge in [-0.3, -0.25) is 14.3 Å². The maximum absolute atomic E-state index is 12.5. The fraction of sp³-hybridized carbons (Fsp3) is 0.389. The van der Waals surface area contributed by atoms with Gasteiger partial charge in [-0.05, 0) is 43.9 Å². The Bertz CT molecular complexity index is 796. The van der Waals surface area contributed by atoms with Crippen LogP contribution in [0.1, 0.15) is 36.0 Å². The second-order valence-electron chi connectivity index (χ2n) is 6.14. The minimum atomic E-state index is -1.00. The predicted molar refractivity (Wildman–Crippen MR) is 93.7 cm³/mol. The smallest absolute Gasteiger partial charge is 0.325 e. The van der Waals surface area contributed by atoms with Gasteiger partial charge in [0.1, 0.15) is 6.54 Å². The van der Waals surface area contributed by atoms with Gasteiger partial charge in [0.15, 0.2) is 17.3 Å². The van der Waals surface area contributed by atoms with Gasteiger partial charge in [0, 0.05) is 17.8 Å². The molecular weight excluding hydrogens is 338 g/mol. The van der Waals surface area contributed by atoms with E-state index in [1.807, 2.05) is 0 Å². The largest absolute Gasteiger partial charge is 0.493 e. The van der Waals surface area contributed by atoms with Gasteiger partial charge in [0.2, 0.25) is 0 Å². The molecule has 0 saturated heterocycles. The first-order valence-electron chi connectivity index (χ1n) is 8.46. The molecule has 1 aliphatic carbocycles. The Morgan fingerprint density at radius 3 is 2.73 bits per heavy atom. The maximum atomic E-state index is 12.5. The number of rotatable bonds is 7. The Morgan fingerprint density at radius 2 is 2.04 bits per heavy atom. The van der Waals surface area contributed by atoms with Crippen LogP contribution in [0.25, 0.3) is 0 Å². The van der Waals surface area contributed by atoms with Gasteiger partial charge in [0.25, 0.3) is 5.91 Å². The summed E-state index contributed by atoms with van der Waals surface area (Å²) in [5.74, 6) is 0.0484. The summed E-state index contributed by atoms with van der Waals surface area (Å²) in [6.45, 7) is -0.266. The van der Waals surface area contributed by atoms with Crippen LogP contribution in [-0.4, -0.2) is 40.0 Å². The topological polar surface area (TPSA) is 103 Å². The zero-order valence-corrected chi connectivity index (χ0v) is 14.5. The number of methoxy groups -OCH3 is 1. The molecule has 1 saturated carbocycles. The average Bonchev–Trinajstić information content (AvgIpc) is 3.26. The lowest BCUT2D eigenvalue weighted by Crippen LogP contribution is -2.15. The van der Waals surface area contributed by atoms with Crippen LogP contribution in [0.4, 0.5) is 5.82 Å². The number of benzene rings is 1. The van der Waals surface area contributed by atoms with Crippen molar-refractivity contribution in [2.75, 3.05) is 12.4 Å². The molecule has 1 fully saturated rings. The average molecular weight is 359 g/mol. The molecule has 0 spiro atoms. The van der Waals surface area contributed by atoms with Crippen molar-refractivity contribution in [2.24, 2.45) is 0 Å². The summed E-state index contributed by atoms with van der Waals surface area (Å²) in [5.41, 5.74) is 0.409. The summed E-state index contributed by atoms with van der Waals surface area (Å²) >= 11 is 0. The summed E-state index contributed by atoms with van der Waals surface area (Å²) in [5, 5.41) is 15.4. The molecule has 3 rings (SSSR count). The molecule has 26 heavy (non-hydrogen) atoms. The number of carbonyl (C=O) groups is 2. The maximum Gasteiger partial charge on any atom is 0.325 e. The van der Waals surface area contributed by atoms with E-state index in [1.54, 1.807) is 31.4 Å². The first-order chi connectivity index (χ1) is 12.5. The predicted octanol–water partition coefficient (Wildman–Crippen LogP) is 2.55. The van der Waals surface area contributed by atoms with Gasteiger partial charge in [-0.15, -0.1) is 0 Å². The number of hydrogen-bond acceptors (Lipinski definition) is 5. The zero-order valence-electron chi connectivity index (χ0n) is 14.5. The van der Waals surface area contributed by atoms with Crippen molar-refractivity contribution in [3.8, 4) is 11.5 Å². The molecule has 1 aromatic heterocycles. The second kappa shape index (κ2) is 7.90. The van der Waals surface area contributed by atoms with Gasteiger partial charge in [-0.2, -0.15) is 5.10 Å². The van der Waals surface area contributed by atoms with Crippen molar-refractivity contribution in [1.82, 2.24) is 9.78 Å². The fourth-order valence-corrected chi connectivity index (χ4v) is 2.94. The number of amides is 1. The highest BCUT2D eigenvalue weighted by molar-refractivity contribution is 6.04. The monoisotopic (exact) mass is 359 g/mol. The third-order valence-electron chi connectivity index (χ3n) is 4.20. The van der Waals surface area contributed by atoms with Crippen LogP contribution in [0.5, 0.6) is 11.5 Å². The quantitative estimate of drug-likeness (QED) is 0.787. The summed E-state index contributed by atoms with van der Waals surface area (Å²) < 4.78 is 12.6. The van der Waals surface area contributed by atoms with Gasteiger partial charge in [-0.1, -0.05) is 0 Å². The molecular formula is C18H21N3O5. The molecule has 8 heteroatoms. The summed E-state index contributed by atoms with van der Waals surface area (Å²) in [6, 6.07) is 6.53. The molecule has 138 valence electrons. The minimum absolute atomic E-state index is 0.147. The number of ether oxygens (including phenoxy) is 2. The molecule has 8 nitrogen and oxygen atoms in total. The highest BCUT2D eigenvalue weighted by Crippen LogP contribution is 2.32.